The van der Waals surface area contributed by atoms with E-state index in [1.165, 1.54) is 10.8 Å². The van der Waals surface area contributed by atoms with Gasteiger partial charge in [0, 0.05) is 16.8 Å². The van der Waals surface area contributed by atoms with Gasteiger partial charge in [-0.2, -0.15) is 0 Å². The van der Waals surface area contributed by atoms with E-state index in [-0.39, 0.29) is 17.2 Å². The molecule has 0 atom stereocenters. The van der Waals surface area contributed by atoms with Crippen molar-refractivity contribution in [1.82, 2.24) is 9.55 Å². The quantitative estimate of drug-likeness (QED) is 0.751. The predicted molar refractivity (Wildman–Crippen MR) is 89.1 cm³/mol. The smallest absolute Gasteiger partial charge is 0.353 e. The third-order valence-electron chi connectivity index (χ3n) is 3.36. The van der Waals surface area contributed by atoms with E-state index in [0.29, 0.717) is 16.3 Å². The third kappa shape index (κ3) is 2.86. The van der Waals surface area contributed by atoms with Gasteiger partial charge >= 0.3 is 5.69 Å². The van der Waals surface area contributed by atoms with Crippen LogP contribution < -0.4 is 11.4 Å². The van der Waals surface area contributed by atoms with Gasteiger partial charge in [-0.25, -0.2) is 14.3 Å². The number of carbonyl (C=O) groups excluding carboxylic acids is 1. The average Bonchev–Trinajstić information content (AvgIpc) is 2.55. The molecule has 6 heteroatoms. The van der Waals surface area contributed by atoms with Crippen molar-refractivity contribution < 1.29 is 4.79 Å². The summed E-state index contributed by atoms with van der Waals surface area (Å²) in [5.74, 6) is -0.271. The van der Waals surface area contributed by atoms with E-state index < -0.39 is 5.69 Å². The molecule has 2 N–H and O–H groups in total. The second kappa shape index (κ2) is 6.06. The Balaban J connectivity index is 2.17. The maximum atomic E-state index is 12.6. The topological polar surface area (TPSA) is 78.0 Å². The molecule has 0 aliphatic carbocycles. The van der Waals surface area contributed by atoms with Crippen LogP contribution in [0.1, 0.15) is 15.9 Å². The molecule has 0 radical (unpaired) electrons. The number of nitrogen functional groups attached to an aromatic ring is 1. The molecule has 0 aliphatic rings. The highest BCUT2D eigenvalue weighted by molar-refractivity contribution is 6.30. The minimum atomic E-state index is -0.575. The zero-order valence-corrected chi connectivity index (χ0v) is 12.7. The third-order valence-corrected chi connectivity index (χ3v) is 3.59. The molecule has 23 heavy (non-hydrogen) atoms. The lowest BCUT2D eigenvalue weighted by Gasteiger charge is -2.12. The van der Waals surface area contributed by atoms with Crippen LogP contribution >= 0.6 is 11.6 Å². The SMILES string of the molecule is Nc1c(C(=O)c2ccccc2)cnc(=O)n1-c1cccc(Cl)c1. The Kier molecular flexibility index (Phi) is 3.95. The first kappa shape index (κ1) is 15.0. The van der Waals surface area contributed by atoms with Crippen LogP contribution in [0.3, 0.4) is 0 Å². The number of benzene rings is 2. The number of nitrogens with zero attached hydrogens (tertiary/aromatic N) is 2. The van der Waals surface area contributed by atoms with Crippen LogP contribution in [0.2, 0.25) is 5.02 Å². The van der Waals surface area contributed by atoms with Gasteiger partial charge < -0.3 is 5.73 Å². The summed E-state index contributed by atoms with van der Waals surface area (Å²) in [6.45, 7) is 0. The van der Waals surface area contributed by atoms with Crippen molar-refractivity contribution in [1.29, 1.82) is 0 Å². The van der Waals surface area contributed by atoms with Crippen LogP contribution in [-0.4, -0.2) is 15.3 Å². The lowest BCUT2D eigenvalue weighted by molar-refractivity contribution is 0.103. The molecule has 114 valence electrons. The second-order valence-electron chi connectivity index (χ2n) is 4.85. The molecule has 0 unspecified atom stereocenters. The zero-order valence-electron chi connectivity index (χ0n) is 11.9. The average molecular weight is 326 g/mol. The number of aromatic nitrogens is 2. The van der Waals surface area contributed by atoms with Gasteiger partial charge in [-0.3, -0.25) is 4.79 Å². The summed E-state index contributed by atoms with van der Waals surface area (Å²) in [6.07, 6.45) is 1.20. The number of rotatable bonds is 3. The van der Waals surface area contributed by atoms with Crippen molar-refractivity contribution in [3.63, 3.8) is 0 Å². The van der Waals surface area contributed by atoms with Crippen molar-refractivity contribution in [2.75, 3.05) is 5.73 Å². The van der Waals surface area contributed by atoms with Gasteiger partial charge in [0.05, 0.1) is 11.3 Å². The first-order valence-electron chi connectivity index (χ1n) is 6.81. The molecule has 0 saturated carbocycles. The molecule has 3 aromatic rings. The Morgan fingerprint density at radius 1 is 1.09 bits per heavy atom. The molecule has 0 bridgehead atoms. The molecule has 0 fully saturated rings. The van der Waals surface area contributed by atoms with Crippen LogP contribution in [0.4, 0.5) is 5.82 Å². The van der Waals surface area contributed by atoms with Crippen LogP contribution in [0, 0.1) is 0 Å². The predicted octanol–water partition coefficient (Wildman–Crippen LogP) is 2.70. The number of ketones is 1. The number of hydrogen-bond donors (Lipinski definition) is 1. The zero-order chi connectivity index (χ0) is 16.4. The van der Waals surface area contributed by atoms with E-state index in [1.807, 2.05) is 6.07 Å². The molecule has 1 aromatic heterocycles. The summed E-state index contributed by atoms with van der Waals surface area (Å²) in [7, 11) is 0. The van der Waals surface area contributed by atoms with Gasteiger partial charge in [-0.15, -0.1) is 0 Å². The Morgan fingerprint density at radius 2 is 1.83 bits per heavy atom. The molecular formula is C17H12ClN3O2. The summed E-state index contributed by atoms with van der Waals surface area (Å²) in [5.41, 5.74) is 6.58. The molecule has 0 saturated heterocycles. The van der Waals surface area contributed by atoms with Crippen LogP contribution in [-0.2, 0) is 0 Å². The normalized spacial score (nSPS) is 10.5. The van der Waals surface area contributed by atoms with Crippen molar-refractivity contribution in [3.05, 3.63) is 87.4 Å². The Morgan fingerprint density at radius 3 is 2.52 bits per heavy atom. The van der Waals surface area contributed by atoms with Gasteiger partial charge in [0.1, 0.15) is 5.82 Å². The second-order valence-corrected chi connectivity index (χ2v) is 5.29. The van der Waals surface area contributed by atoms with Gasteiger partial charge in [0.25, 0.3) is 0 Å². The van der Waals surface area contributed by atoms with E-state index >= 15 is 0 Å². The van der Waals surface area contributed by atoms with E-state index in [9.17, 15) is 9.59 Å². The maximum Gasteiger partial charge on any atom is 0.353 e. The van der Waals surface area contributed by atoms with E-state index in [4.69, 9.17) is 17.3 Å². The highest BCUT2D eigenvalue weighted by atomic mass is 35.5. The fraction of sp³-hybridized carbons (Fsp3) is 0. The molecule has 3 rings (SSSR count). The lowest BCUT2D eigenvalue weighted by Crippen LogP contribution is -2.26. The van der Waals surface area contributed by atoms with Gasteiger partial charge in [-0.1, -0.05) is 48.0 Å². The fourth-order valence-electron chi connectivity index (χ4n) is 2.25. The fourth-order valence-corrected chi connectivity index (χ4v) is 2.44. The first-order valence-corrected chi connectivity index (χ1v) is 7.19. The van der Waals surface area contributed by atoms with Crippen LogP contribution in [0.5, 0.6) is 0 Å². The molecule has 0 amide bonds. The number of hydrogen-bond acceptors (Lipinski definition) is 4. The van der Waals surface area contributed by atoms with E-state index in [0.717, 1.165) is 0 Å². The largest absolute Gasteiger partial charge is 0.384 e. The van der Waals surface area contributed by atoms with E-state index in [2.05, 4.69) is 4.98 Å². The maximum absolute atomic E-state index is 12.6. The molecule has 1 heterocycles. The highest BCUT2D eigenvalue weighted by Crippen LogP contribution is 2.20. The monoisotopic (exact) mass is 325 g/mol. The molecule has 0 spiro atoms. The summed E-state index contributed by atoms with van der Waals surface area (Å²) in [5, 5.41) is 0.452. The summed E-state index contributed by atoms with van der Waals surface area (Å²) < 4.78 is 1.17. The molecule has 5 nitrogen and oxygen atoms in total. The standard InChI is InChI=1S/C17H12ClN3O2/c18-12-7-4-8-13(9-12)21-16(19)14(10-20-17(21)23)15(22)11-5-2-1-3-6-11/h1-10H,19H2. The number of halogens is 1. The lowest BCUT2D eigenvalue weighted by atomic mass is 10.1. The minimum Gasteiger partial charge on any atom is -0.384 e. The Hall–Kier alpha value is -2.92. The Bertz CT molecular complexity index is 936. The van der Waals surface area contributed by atoms with Crippen molar-refractivity contribution in [3.8, 4) is 5.69 Å². The number of carbonyl (C=O) groups is 1. The van der Waals surface area contributed by atoms with E-state index in [1.54, 1.807) is 48.5 Å². The van der Waals surface area contributed by atoms with Crippen molar-refractivity contribution in [2.45, 2.75) is 0 Å². The minimum absolute atomic E-state index is 0.0288. The number of nitrogens with two attached hydrogens (primary N) is 1. The van der Waals surface area contributed by atoms with Gasteiger partial charge in [-0.05, 0) is 18.2 Å². The summed E-state index contributed by atoms with van der Waals surface area (Å²) >= 11 is 5.95. The summed E-state index contributed by atoms with van der Waals surface area (Å²) in [4.78, 5) is 28.4. The highest BCUT2D eigenvalue weighted by Gasteiger charge is 2.17. The van der Waals surface area contributed by atoms with Crippen LogP contribution in [0.25, 0.3) is 5.69 Å². The van der Waals surface area contributed by atoms with Crippen LogP contribution in [0.15, 0.2) is 65.6 Å². The molecule has 0 aliphatic heterocycles. The van der Waals surface area contributed by atoms with Crippen molar-refractivity contribution >= 4 is 23.2 Å². The van der Waals surface area contributed by atoms with Gasteiger partial charge in [0.15, 0.2) is 5.78 Å². The van der Waals surface area contributed by atoms with Gasteiger partial charge in [0.2, 0.25) is 0 Å². The molecule has 2 aromatic carbocycles. The number of anilines is 1. The van der Waals surface area contributed by atoms with Crippen molar-refractivity contribution in [2.24, 2.45) is 0 Å². The Labute approximate surface area is 137 Å². The summed E-state index contributed by atoms with van der Waals surface area (Å²) in [6, 6.07) is 15.3. The first-order chi connectivity index (χ1) is 11.1. The molecular weight excluding hydrogens is 314 g/mol.